The van der Waals surface area contributed by atoms with Crippen LogP contribution in [0, 0.1) is 0 Å². The first kappa shape index (κ1) is 26.5. The first-order chi connectivity index (χ1) is 17.2. The molecule has 0 atom stereocenters. The number of allylic oxidation sites excluding steroid dienone is 2. The lowest BCUT2D eigenvalue weighted by molar-refractivity contribution is -0.110. The number of carbonyl (C=O) groups is 1. The smallest absolute Gasteiger partial charge is 0.210 e. The van der Waals surface area contributed by atoms with E-state index in [9.17, 15) is 9.90 Å². The van der Waals surface area contributed by atoms with Gasteiger partial charge in [-0.3, -0.25) is 9.79 Å². The molecular weight excluding hydrogens is 432 g/mol. The number of rotatable bonds is 15. The van der Waals surface area contributed by atoms with Crippen molar-refractivity contribution in [3.8, 4) is 0 Å². The summed E-state index contributed by atoms with van der Waals surface area (Å²) in [5.74, 6) is -0.0765. The van der Waals surface area contributed by atoms with Crippen LogP contribution in [0.2, 0.25) is 0 Å². The molecule has 0 saturated carbocycles. The zero-order chi connectivity index (χ0) is 24.7. The number of nitrogens with zero attached hydrogens (tertiary/aromatic N) is 1. The minimum Gasteiger partial charge on any atom is -0.505 e. The molecule has 0 unspecified atom stereocenters. The second-order valence-electron chi connectivity index (χ2n) is 9.32. The summed E-state index contributed by atoms with van der Waals surface area (Å²) < 4.78 is 0. The number of ketones is 1. The summed E-state index contributed by atoms with van der Waals surface area (Å²) in [5, 5.41) is 14.3. The molecule has 0 saturated heterocycles. The minimum absolute atomic E-state index is 0.0733. The Bertz CT molecular complexity index is 1010. The van der Waals surface area contributed by atoms with Crippen molar-refractivity contribution in [2.24, 2.45) is 4.99 Å². The van der Waals surface area contributed by atoms with Gasteiger partial charge in [0.25, 0.3) is 0 Å². The van der Waals surface area contributed by atoms with Gasteiger partial charge >= 0.3 is 0 Å². The van der Waals surface area contributed by atoms with E-state index in [2.05, 4.69) is 17.2 Å². The molecule has 4 heteroatoms. The zero-order valence-electron chi connectivity index (χ0n) is 21.1. The number of carbonyl (C=O) groups excluding carboxylic acids is 1. The van der Waals surface area contributed by atoms with Gasteiger partial charge in [-0.15, -0.1) is 0 Å². The van der Waals surface area contributed by atoms with Crippen LogP contribution in [0.15, 0.2) is 88.8 Å². The third kappa shape index (κ3) is 8.86. The highest BCUT2D eigenvalue weighted by Gasteiger charge is 2.26. The number of Topliss-reactive ketones (excluding diaryl/α,β-unsaturated/α-hetero) is 1. The van der Waals surface area contributed by atoms with Crippen LogP contribution in [0.4, 0.5) is 0 Å². The van der Waals surface area contributed by atoms with Crippen LogP contribution in [0.5, 0.6) is 0 Å². The molecule has 0 fully saturated rings. The number of hydrogen-bond donors (Lipinski definition) is 2. The Morgan fingerprint density at radius 1 is 0.771 bits per heavy atom. The Balaban J connectivity index is 1.63. The van der Waals surface area contributed by atoms with Crippen LogP contribution in [0.3, 0.4) is 0 Å². The fourth-order valence-corrected chi connectivity index (χ4v) is 4.34. The van der Waals surface area contributed by atoms with Crippen molar-refractivity contribution in [3.05, 3.63) is 94.9 Å². The van der Waals surface area contributed by atoms with Crippen LogP contribution in [-0.2, 0) is 17.9 Å². The summed E-state index contributed by atoms with van der Waals surface area (Å²) in [6.45, 7) is 3.25. The Labute approximate surface area is 210 Å². The molecule has 35 heavy (non-hydrogen) atoms. The molecule has 4 nitrogen and oxygen atoms in total. The standard InChI is InChI=1S/C31H40N2O2/c1-2-3-4-5-6-7-8-9-16-21-27-30(34)28(32-23-25-17-12-10-13-18-25)22-29(31(27)35)33-24-26-19-14-11-15-20-26/h10-15,17-20,22,32,34H,2-9,16,21,23-24H2,1H3. The lowest BCUT2D eigenvalue weighted by atomic mass is 9.92. The molecule has 2 aromatic carbocycles. The van der Waals surface area contributed by atoms with E-state index in [4.69, 9.17) is 0 Å². The van der Waals surface area contributed by atoms with Crippen LogP contribution in [0.25, 0.3) is 0 Å². The van der Waals surface area contributed by atoms with Crippen molar-refractivity contribution in [1.82, 2.24) is 5.32 Å². The normalized spacial score (nSPS) is 14.9. The molecule has 3 rings (SSSR count). The summed E-state index contributed by atoms with van der Waals surface area (Å²) in [6.07, 6.45) is 13.2. The molecule has 186 valence electrons. The zero-order valence-corrected chi connectivity index (χ0v) is 21.1. The van der Waals surface area contributed by atoms with Gasteiger partial charge in [-0.05, 0) is 30.0 Å². The Morgan fingerprint density at radius 3 is 1.97 bits per heavy atom. The highest BCUT2D eigenvalue weighted by Crippen LogP contribution is 2.24. The van der Waals surface area contributed by atoms with Crippen LogP contribution < -0.4 is 5.32 Å². The van der Waals surface area contributed by atoms with E-state index in [-0.39, 0.29) is 11.5 Å². The first-order valence-electron chi connectivity index (χ1n) is 13.2. The molecule has 2 aromatic rings. The van der Waals surface area contributed by atoms with Crippen LogP contribution in [-0.4, -0.2) is 16.6 Å². The second-order valence-corrected chi connectivity index (χ2v) is 9.32. The average Bonchev–Trinajstić information content (AvgIpc) is 2.89. The lowest BCUT2D eigenvalue weighted by Gasteiger charge is -2.20. The van der Waals surface area contributed by atoms with Crippen molar-refractivity contribution in [1.29, 1.82) is 0 Å². The van der Waals surface area contributed by atoms with Gasteiger partial charge in [0.15, 0.2) is 0 Å². The van der Waals surface area contributed by atoms with Crippen LogP contribution in [0.1, 0.15) is 82.3 Å². The summed E-state index contributed by atoms with van der Waals surface area (Å²) in [4.78, 5) is 17.8. The fraction of sp³-hybridized carbons (Fsp3) is 0.419. The average molecular weight is 473 g/mol. The van der Waals surface area contributed by atoms with E-state index in [1.165, 1.54) is 44.9 Å². The predicted molar refractivity (Wildman–Crippen MR) is 145 cm³/mol. The van der Waals surface area contributed by atoms with Gasteiger partial charge in [0.2, 0.25) is 5.78 Å². The topological polar surface area (TPSA) is 61.7 Å². The van der Waals surface area contributed by atoms with Crippen LogP contribution >= 0.6 is 0 Å². The van der Waals surface area contributed by atoms with Gasteiger partial charge in [0, 0.05) is 12.1 Å². The fourth-order valence-electron chi connectivity index (χ4n) is 4.34. The van der Waals surface area contributed by atoms with E-state index in [1.807, 2.05) is 60.7 Å². The highest BCUT2D eigenvalue weighted by atomic mass is 16.3. The quantitative estimate of drug-likeness (QED) is 0.207. The maximum atomic E-state index is 13.2. The molecule has 0 aromatic heterocycles. The maximum absolute atomic E-state index is 13.2. The number of unbranched alkanes of at least 4 members (excludes halogenated alkanes) is 8. The summed E-state index contributed by atoms with van der Waals surface area (Å²) in [6, 6.07) is 20.0. The van der Waals surface area contributed by atoms with Crippen molar-refractivity contribution in [3.63, 3.8) is 0 Å². The van der Waals surface area contributed by atoms with Gasteiger partial charge in [-0.2, -0.15) is 0 Å². The largest absolute Gasteiger partial charge is 0.505 e. The summed E-state index contributed by atoms with van der Waals surface area (Å²) >= 11 is 0. The van der Waals surface area contributed by atoms with E-state index in [0.717, 1.165) is 24.0 Å². The molecule has 0 radical (unpaired) electrons. The summed E-state index contributed by atoms with van der Waals surface area (Å²) in [5.41, 5.74) is 3.64. The lowest BCUT2D eigenvalue weighted by Crippen LogP contribution is -2.27. The highest BCUT2D eigenvalue weighted by molar-refractivity contribution is 6.50. The molecule has 0 heterocycles. The molecule has 2 N–H and O–H groups in total. The Morgan fingerprint density at radius 2 is 1.34 bits per heavy atom. The summed E-state index contributed by atoms with van der Waals surface area (Å²) in [7, 11) is 0. The SMILES string of the molecule is CCCCCCCCCCCC1=C(O)C(NCc2ccccc2)=CC(=NCc2ccccc2)C1=O. The monoisotopic (exact) mass is 472 g/mol. The van der Waals surface area contributed by atoms with E-state index in [0.29, 0.717) is 36.5 Å². The number of hydrogen-bond acceptors (Lipinski definition) is 4. The van der Waals surface area contributed by atoms with Gasteiger partial charge in [-0.1, -0.05) is 119 Å². The molecular formula is C31H40N2O2. The Hall–Kier alpha value is -3.14. The number of aliphatic imine (C=N–C) groups is 1. The number of aliphatic hydroxyl groups is 1. The Kier molecular flexibility index (Phi) is 11.3. The molecule has 0 aliphatic heterocycles. The van der Waals surface area contributed by atoms with Gasteiger partial charge in [0.1, 0.15) is 11.5 Å². The van der Waals surface area contributed by atoms with Gasteiger partial charge < -0.3 is 10.4 Å². The second kappa shape index (κ2) is 15.0. The van der Waals surface area contributed by atoms with Crippen molar-refractivity contribution in [2.75, 3.05) is 0 Å². The molecule has 1 aliphatic rings. The van der Waals surface area contributed by atoms with Gasteiger partial charge in [-0.25, -0.2) is 0 Å². The number of aliphatic hydroxyl groups excluding tert-OH is 1. The predicted octanol–water partition coefficient (Wildman–Crippen LogP) is 7.62. The molecule has 0 bridgehead atoms. The number of nitrogens with one attached hydrogen (secondary N) is 1. The third-order valence-electron chi connectivity index (χ3n) is 6.46. The minimum atomic E-state index is -0.150. The molecule has 0 amide bonds. The molecule has 0 spiro atoms. The maximum Gasteiger partial charge on any atom is 0.210 e. The van der Waals surface area contributed by atoms with Crippen molar-refractivity contribution in [2.45, 2.75) is 84.2 Å². The number of benzene rings is 2. The van der Waals surface area contributed by atoms with Gasteiger partial charge in [0.05, 0.1) is 12.2 Å². The van der Waals surface area contributed by atoms with Crippen molar-refractivity contribution >= 4 is 11.5 Å². The van der Waals surface area contributed by atoms with Crippen molar-refractivity contribution < 1.29 is 9.90 Å². The van der Waals surface area contributed by atoms with E-state index < -0.39 is 0 Å². The first-order valence-corrected chi connectivity index (χ1v) is 13.2. The van der Waals surface area contributed by atoms with E-state index in [1.54, 1.807) is 6.08 Å². The molecule has 1 aliphatic carbocycles. The van der Waals surface area contributed by atoms with E-state index >= 15 is 0 Å². The third-order valence-corrected chi connectivity index (χ3v) is 6.46.